The minimum atomic E-state index is -1.85. The zero-order valence-electron chi connectivity index (χ0n) is 15.3. The smallest absolute Gasteiger partial charge is 0.341 e. The van der Waals surface area contributed by atoms with Crippen LogP contribution in [0.2, 0.25) is 0 Å². The molecule has 2 N–H and O–H groups in total. The number of esters is 1. The summed E-state index contributed by atoms with van der Waals surface area (Å²) in [4.78, 5) is 26.0. The zero-order chi connectivity index (χ0) is 20.5. The van der Waals surface area contributed by atoms with Gasteiger partial charge in [0.25, 0.3) is 5.91 Å². The number of alkyl halides is 3. The van der Waals surface area contributed by atoms with E-state index in [-0.39, 0.29) is 0 Å². The molecule has 0 spiro atoms. The summed E-state index contributed by atoms with van der Waals surface area (Å²) in [6.07, 6.45) is 1.63. The van der Waals surface area contributed by atoms with Crippen molar-refractivity contribution in [2.75, 3.05) is 12.4 Å². The van der Waals surface area contributed by atoms with Gasteiger partial charge in [0.05, 0.1) is 12.7 Å². The van der Waals surface area contributed by atoms with Crippen molar-refractivity contribution in [2.24, 2.45) is 0 Å². The fourth-order valence-electron chi connectivity index (χ4n) is 3.07. The molecule has 28 heavy (non-hydrogen) atoms. The molecule has 5 nitrogen and oxygen atoms in total. The molecule has 0 saturated carbocycles. The van der Waals surface area contributed by atoms with E-state index in [2.05, 4.69) is 10.6 Å². The summed E-state index contributed by atoms with van der Waals surface area (Å²) in [7, 11) is 1.33. The third-order valence-electron chi connectivity index (χ3n) is 4.50. The second-order valence-electron chi connectivity index (χ2n) is 6.51. The maximum absolute atomic E-state index is 12.6. The Hall–Kier alpha value is -1.47. The van der Waals surface area contributed by atoms with Gasteiger partial charge in [-0.05, 0) is 43.9 Å². The van der Waals surface area contributed by atoms with Crippen molar-refractivity contribution in [3.8, 4) is 0 Å². The number of hydrogen-bond donors (Lipinski definition) is 2. The lowest BCUT2D eigenvalue weighted by Crippen LogP contribution is -2.49. The average Bonchev–Trinajstić information content (AvgIpc) is 3.21. The van der Waals surface area contributed by atoms with Gasteiger partial charge in [-0.3, -0.25) is 4.79 Å². The Morgan fingerprint density at radius 1 is 1.18 bits per heavy atom. The van der Waals surface area contributed by atoms with Gasteiger partial charge in [0.2, 0.25) is 3.79 Å². The van der Waals surface area contributed by atoms with E-state index in [4.69, 9.17) is 39.5 Å². The predicted molar refractivity (Wildman–Crippen MR) is 114 cm³/mol. The zero-order valence-corrected chi connectivity index (χ0v) is 18.4. The Balaban J connectivity index is 1.87. The second-order valence-corrected chi connectivity index (χ2v) is 9.99. The van der Waals surface area contributed by atoms with Crippen molar-refractivity contribution in [3.63, 3.8) is 0 Å². The molecule has 0 bridgehead atoms. The first-order valence-corrected chi connectivity index (χ1v) is 10.6. The van der Waals surface area contributed by atoms with Crippen molar-refractivity contribution < 1.29 is 14.3 Å². The standard InChI is InChI=1S/C19H19Cl3N2O3S/c1-10-6-8-11(9-7-10)15(25)23-18(19(20,21)22)24-16-14(17(26)27-2)12-4-3-5-13(12)28-16/h6-9,18,24H,3-5H2,1-2H3,(H,23,25)/t18-/m0/s1. The number of thiophene rings is 1. The number of fused-ring (bicyclic) bond motifs is 1. The molecule has 3 rings (SSSR count). The molecule has 2 aromatic rings. The monoisotopic (exact) mass is 460 g/mol. The summed E-state index contributed by atoms with van der Waals surface area (Å²) in [5.74, 6) is -0.845. The molecule has 1 aliphatic carbocycles. The molecule has 150 valence electrons. The van der Waals surface area contributed by atoms with Crippen LogP contribution >= 0.6 is 46.1 Å². The van der Waals surface area contributed by atoms with Crippen molar-refractivity contribution in [3.05, 3.63) is 51.4 Å². The molecule has 0 unspecified atom stereocenters. The van der Waals surface area contributed by atoms with Gasteiger partial charge in [-0.25, -0.2) is 4.79 Å². The SMILES string of the molecule is COC(=O)c1c(N[C@H](NC(=O)c2ccc(C)cc2)C(Cl)(Cl)Cl)sc2c1CCC2. The number of benzene rings is 1. The van der Waals surface area contributed by atoms with E-state index in [0.29, 0.717) is 16.1 Å². The first-order chi connectivity index (χ1) is 13.2. The molecule has 1 amide bonds. The fourth-order valence-corrected chi connectivity index (χ4v) is 4.71. The van der Waals surface area contributed by atoms with Gasteiger partial charge in [-0.2, -0.15) is 0 Å². The van der Waals surface area contributed by atoms with E-state index in [0.717, 1.165) is 35.3 Å². The highest BCUT2D eigenvalue weighted by atomic mass is 35.6. The summed E-state index contributed by atoms with van der Waals surface area (Å²) < 4.78 is 3.09. The maximum atomic E-state index is 12.6. The van der Waals surface area contributed by atoms with Crippen LogP contribution in [0, 0.1) is 6.92 Å². The van der Waals surface area contributed by atoms with Crippen LogP contribution in [0.3, 0.4) is 0 Å². The summed E-state index contributed by atoms with van der Waals surface area (Å²) in [6.45, 7) is 1.93. The van der Waals surface area contributed by atoms with Crippen molar-refractivity contribution >= 4 is 63.0 Å². The molecule has 9 heteroatoms. The first kappa shape index (κ1) is 21.2. The Bertz CT molecular complexity index is 891. The lowest BCUT2D eigenvalue weighted by molar-refractivity contribution is 0.0601. The summed E-state index contributed by atoms with van der Waals surface area (Å²) >= 11 is 19.7. The minimum absolute atomic E-state index is 0.396. The van der Waals surface area contributed by atoms with E-state index in [9.17, 15) is 9.59 Å². The van der Waals surface area contributed by atoms with E-state index in [1.807, 2.05) is 19.1 Å². The number of hydrogen-bond acceptors (Lipinski definition) is 5. The lowest BCUT2D eigenvalue weighted by Gasteiger charge is -2.27. The van der Waals surface area contributed by atoms with Gasteiger partial charge in [-0.1, -0.05) is 52.5 Å². The molecular weight excluding hydrogens is 443 g/mol. The quantitative estimate of drug-likeness (QED) is 0.379. The van der Waals surface area contributed by atoms with Gasteiger partial charge < -0.3 is 15.4 Å². The number of halogens is 3. The molecule has 1 aliphatic rings. The van der Waals surface area contributed by atoms with Crippen molar-refractivity contribution in [1.82, 2.24) is 5.32 Å². The molecule has 1 atom stereocenters. The van der Waals surface area contributed by atoms with Gasteiger partial charge in [0.1, 0.15) is 11.2 Å². The summed E-state index contributed by atoms with van der Waals surface area (Å²) in [5, 5.41) is 6.26. The van der Waals surface area contributed by atoms with Crippen LogP contribution in [0.4, 0.5) is 5.00 Å². The average molecular weight is 462 g/mol. The third kappa shape index (κ3) is 4.57. The topological polar surface area (TPSA) is 67.4 Å². The van der Waals surface area contributed by atoms with Crippen LogP contribution in [-0.4, -0.2) is 28.9 Å². The van der Waals surface area contributed by atoms with Crippen LogP contribution in [0.1, 0.15) is 43.1 Å². The highest BCUT2D eigenvalue weighted by molar-refractivity contribution is 7.16. The molecular formula is C19H19Cl3N2O3S. The van der Waals surface area contributed by atoms with Crippen LogP contribution in [0.25, 0.3) is 0 Å². The minimum Gasteiger partial charge on any atom is -0.465 e. The highest BCUT2D eigenvalue weighted by Crippen LogP contribution is 2.41. The largest absolute Gasteiger partial charge is 0.465 e. The summed E-state index contributed by atoms with van der Waals surface area (Å²) in [5.41, 5.74) is 2.88. The number of aryl methyl sites for hydroxylation is 2. The van der Waals surface area contributed by atoms with Gasteiger partial charge in [0, 0.05) is 10.4 Å². The number of rotatable bonds is 5. The number of carbonyl (C=O) groups excluding carboxylic acids is 2. The first-order valence-electron chi connectivity index (χ1n) is 8.64. The van der Waals surface area contributed by atoms with Gasteiger partial charge >= 0.3 is 5.97 Å². The second kappa shape index (κ2) is 8.49. The van der Waals surface area contributed by atoms with Crippen LogP contribution < -0.4 is 10.6 Å². The van der Waals surface area contributed by atoms with Crippen molar-refractivity contribution in [1.29, 1.82) is 0 Å². The number of ether oxygens (including phenoxy) is 1. The predicted octanol–water partition coefficient (Wildman–Crippen LogP) is 4.87. The highest BCUT2D eigenvalue weighted by Gasteiger charge is 2.37. The molecule has 0 saturated heterocycles. The van der Waals surface area contributed by atoms with Crippen LogP contribution in [0.5, 0.6) is 0 Å². The number of methoxy groups -OCH3 is 1. The van der Waals surface area contributed by atoms with Crippen LogP contribution in [-0.2, 0) is 17.6 Å². The van der Waals surface area contributed by atoms with E-state index in [1.165, 1.54) is 18.4 Å². The normalized spacial score (nSPS) is 14.3. The van der Waals surface area contributed by atoms with E-state index < -0.39 is 21.8 Å². The maximum Gasteiger partial charge on any atom is 0.341 e. The Kier molecular flexibility index (Phi) is 6.44. The molecule has 1 heterocycles. The number of nitrogens with one attached hydrogen (secondary N) is 2. The van der Waals surface area contributed by atoms with E-state index in [1.54, 1.807) is 12.1 Å². The molecule has 1 aromatic heterocycles. The summed E-state index contributed by atoms with van der Waals surface area (Å²) in [6, 6.07) is 7.04. The number of anilines is 1. The Morgan fingerprint density at radius 3 is 2.46 bits per heavy atom. The number of amides is 1. The van der Waals surface area contributed by atoms with E-state index >= 15 is 0 Å². The van der Waals surface area contributed by atoms with Gasteiger partial charge in [-0.15, -0.1) is 11.3 Å². The Labute approximate surface area is 182 Å². The third-order valence-corrected chi connectivity index (χ3v) is 6.38. The molecule has 1 aromatic carbocycles. The van der Waals surface area contributed by atoms with Crippen LogP contribution in [0.15, 0.2) is 24.3 Å². The molecule has 0 fully saturated rings. The fraction of sp³-hybridized carbons (Fsp3) is 0.368. The van der Waals surface area contributed by atoms with Gasteiger partial charge in [0.15, 0.2) is 0 Å². The molecule has 0 aliphatic heterocycles. The Morgan fingerprint density at radius 2 is 1.86 bits per heavy atom. The lowest BCUT2D eigenvalue weighted by atomic mass is 10.1. The molecule has 0 radical (unpaired) electrons. The van der Waals surface area contributed by atoms with Crippen molar-refractivity contribution in [2.45, 2.75) is 36.1 Å². The number of carbonyl (C=O) groups is 2.